The van der Waals surface area contributed by atoms with Crippen molar-refractivity contribution in [3.05, 3.63) is 84.6 Å². The Hall–Kier alpha value is -3.98. The van der Waals surface area contributed by atoms with E-state index in [1.54, 1.807) is 53.6 Å². The molecule has 0 unspecified atom stereocenters. The Bertz CT molecular complexity index is 1270. The fourth-order valence-corrected chi connectivity index (χ4v) is 4.21. The summed E-state index contributed by atoms with van der Waals surface area (Å²) >= 11 is 6.27. The van der Waals surface area contributed by atoms with Gasteiger partial charge < -0.3 is 16.0 Å². The zero-order valence-electron chi connectivity index (χ0n) is 18.8. The number of pyridine rings is 1. The SMILES string of the molecule is C=CC(=O)N1CCC[C@@H](n2nc(-c3ccc(C(=O)Nc4ccccn4)cc3)c(F)c2/C(Cl)=C\N)C1. The maximum Gasteiger partial charge on any atom is 0.256 e. The summed E-state index contributed by atoms with van der Waals surface area (Å²) in [4.78, 5) is 30.4. The predicted octanol–water partition coefficient (Wildman–Crippen LogP) is 4.18. The number of nitrogens with two attached hydrogens (primary N) is 1. The van der Waals surface area contributed by atoms with Crippen molar-refractivity contribution in [1.82, 2.24) is 19.7 Å². The molecule has 1 saturated heterocycles. The molecular weight excluding hydrogens is 471 g/mol. The maximum atomic E-state index is 15.6. The molecule has 2 amide bonds. The lowest BCUT2D eigenvalue weighted by Gasteiger charge is -2.32. The second-order valence-electron chi connectivity index (χ2n) is 8.00. The van der Waals surface area contributed by atoms with Gasteiger partial charge in [0.2, 0.25) is 5.91 Å². The topological polar surface area (TPSA) is 106 Å². The molecule has 1 atom stereocenters. The van der Waals surface area contributed by atoms with E-state index in [0.29, 0.717) is 36.5 Å². The highest BCUT2D eigenvalue weighted by atomic mass is 35.5. The Morgan fingerprint density at radius 1 is 1.23 bits per heavy atom. The molecule has 3 N–H and O–H groups in total. The molecule has 0 spiro atoms. The standard InChI is InChI=1S/C25H24ClFN6O2/c1-2-21(34)32-13-5-6-18(15-32)33-24(19(26)14-28)22(27)23(31-33)16-8-10-17(11-9-16)25(35)30-20-7-3-4-12-29-20/h2-4,7-12,14,18H,1,5-6,13,15,28H2,(H,29,30,35)/b19-14+/t18-/m1/s1. The van der Waals surface area contributed by atoms with Crippen LogP contribution >= 0.6 is 11.6 Å². The van der Waals surface area contributed by atoms with E-state index in [4.69, 9.17) is 17.3 Å². The number of hydrogen-bond donors (Lipinski definition) is 2. The highest BCUT2D eigenvalue weighted by molar-refractivity contribution is 6.48. The fraction of sp³-hybridized carbons (Fsp3) is 0.200. The molecule has 8 nitrogen and oxygen atoms in total. The number of likely N-dealkylation sites (tertiary alicyclic amines) is 1. The number of benzene rings is 1. The molecule has 1 aliphatic heterocycles. The molecule has 1 aromatic carbocycles. The van der Waals surface area contributed by atoms with Gasteiger partial charge in [-0.1, -0.05) is 36.4 Å². The van der Waals surface area contributed by atoms with Crippen LogP contribution in [-0.4, -0.2) is 44.6 Å². The van der Waals surface area contributed by atoms with Crippen molar-refractivity contribution in [2.75, 3.05) is 18.4 Å². The van der Waals surface area contributed by atoms with Crippen molar-refractivity contribution in [2.24, 2.45) is 5.73 Å². The number of nitrogens with zero attached hydrogens (tertiary/aromatic N) is 4. The minimum atomic E-state index is -0.630. The number of anilines is 1. The summed E-state index contributed by atoms with van der Waals surface area (Å²) in [5.41, 5.74) is 6.58. The number of aromatic nitrogens is 3. The summed E-state index contributed by atoms with van der Waals surface area (Å²) in [5, 5.41) is 7.24. The third kappa shape index (κ3) is 5.09. The second-order valence-corrected chi connectivity index (χ2v) is 8.41. The molecule has 0 saturated carbocycles. The molecule has 35 heavy (non-hydrogen) atoms. The third-order valence-corrected chi connectivity index (χ3v) is 6.09. The Balaban J connectivity index is 1.64. The molecule has 180 valence electrons. The lowest BCUT2D eigenvalue weighted by Crippen LogP contribution is -2.40. The molecule has 0 radical (unpaired) electrons. The smallest absolute Gasteiger partial charge is 0.256 e. The second kappa shape index (κ2) is 10.5. The summed E-state index contributed by atoms with van der Waals surface area (Å²) in [6, 6.07) is 11.3. The first-order chi connectivity index (χ1) is 16.9. The summed E-state index contributed by atoms with van der Waals surface area (Å²) in [6.45, 7) is 4.48. The molecule has 4 rings (SSSR count). The van der Waals surface area contributed by atoms with Crippen LogP contribution in [0.25, 0.3) is 16.3 Å². The van der Waals surface area contributed by atoms with Gasteiger partial charge in [0.1, 0.15) is 17.2 Å². The van der Waals surface area contributed by atoms with E-state index < -0.39 is 5.82 Å². The van der Waals surface area contributed by atoms with Crippen molar-refractivity contribution in [2.45, 2.75) is 18.9 Å². The molecule has 2 aromatic heterocycles. The van der Waals surface area contributed by atoms with Crippen LogP contribution in [0.15, 0.2) is 67.5 Å². The van der Waals surface area contributed by atoms with Gasteiger partial charge in [0.05, 0.1) is 11.1 Å². The van der Waals surface area contributed by atoms with Gasteiger partial charge in [-0.25, -0.2) is 9.37 Å². The zero-order chi connectivity index (χ0) is 24.9. The van der Waals surface area contributed by atoms with Crippen molar-refractivity contribution in [3.63, 3.8) is 0 Å². The first-order valence-corrected chi connectivity index (χ1v) is 11.4. The van der Waals surface area contributed by atoms with Crippen molar-refractivity contribution < 1.29 is 14.0 Å². The van der Waals surface area contributed by atoms with Crippen LogP contribution in [0.2, 0.25) is 0 Å². The third-order valence-electron chi connectivity index (χ3n) is 5.78. The number of carbonyl (C=O) groups is 2. The Morgan fingerprint density at radius 3 is 2.66 bits per heavy atom. The molecular formula is C25H24ClFN6O2. The molecule has 1 fully saturated rings. The Morgan fingerprint density at radius 2 is 2.00 bits per heavy atom. The van der Waals surface area contributed by atoms with E-state index >= 15 is 4.39 Å². The minimum absolute atomic E-state index is 0.0137. The predicted molar refractivity (Wildman–Crippen MR) is 133 cm³/mol. The van der Waals surface area contributed by atoms with Gasteiger partial charge >= 0.3 is 0 Å². The average Bonchev–Trinajstić information content (AvgIpc) is 3.25. The van der Waals surface area contributed by atoms with Gasteiger partial charge in [-0.15, -0.1) is 0 Å². The highest BCUT2D eigenvalue weighted by Gasteiger charge is 2.30. The summed E-state index contributed by atoms with van der Waals surface area (Å²) in [6.07, 6.45) is 5.37. The minimum Gasteiger partial charge on any atom is -0.403 e. The molecule has 10 heteroatoms. The molecule has 0 aliphatic carbocycles. The van der Waals surface area contributed by atoms with Crippen LogP contribution in [0.5, 0.6) is 0 Å². The summed E-state index contributed by atoms with van der Waals surface area (Å²) < 4.78 is 17.1. The Labute approximate surface area is 206 Å². The molecule has 1 aliphatic rings. The number of rotatable bonds is 6. The fourth-order valence-electron chi connectivity index (χ4n) is 4.04. The van der Waals surface area contributed by atoms with Crippen LogP contribution in [0, 0.1) is 5.82 Å². The quantitative estimate of drug-likeness (QED) is 0.500. The number of amides is 2. The highest BCUT2D eigenvalue weighted by Crippen LogP contribution is 2.34. The maximum absolute atomic E-state index is 15.6. The van der Waals surface area contributed by atoms with Crippen molar-refractivity contribution in [3.8, 4) is 11.3 Å². The number of hydrogen-bond acceptors (Lipinski definition) is 5. The first kappa shape index (κ1) is 24.2. The van der Waals surface area contributed by atoms with Gasteiger partial charge in [0, 0.05) is 36.6 Å². The van der Waals surface area contributed by atoms with E-state index in [0.717, 1.165) is 12.6 Å². The van der Waals surface area contributed by atoms with Gasteiger partial charge in [-0.05, 0) is 43.2 Å². The van der Waals surface area contributed by atoms with Crippen molar-refractivity contribution in [1.29, 1.82) is 0 Å². The van der Waals surface area contributed by atoms with Crippen LogP contribution in [0.3, 0.4) is 0 Å². The summed E-state index contributed by atoms with van der Waals surface area (Å²) in [7, 11) is 0. The van der Waals surface area contributed by atoms with Gasteiger partial charge in [0.15, 0.2) is 5.82 Å². The molecule has 0 bridgehead atoms. The lowest BCUT2D eigenvalue weighted by molar-refractivity contribution is -0.127. The first-order valence-electron chi connectivity index (χ1n) is 11.0. The van der Waals surface area contributed by atoms with Crippen molar-refractivity contribution >= 4 is 34.3 Å². The van der Waals surface area contributed by atoms with Gasteiger partial charge in [0.25, 0.3) is 5.91 Å². The van der Waals surface area contributed by atoms with E-state index in [1.165, 1.54) is 10.8 Å². The van der Waals surface area contributed by atoms with E-state index in [-0.39, 0.29) is 34.3 Å². The number of carbonyl (C=O) groups excluding carboxylic acids is 2. The Kier molecular flexibility index (Phi) is 7.26. The number of piperidine rings is 1. The molecule has 3 aromatic rings. The lowest BCUT2D eigenvalue weighted by atomic mass is 10.1. The normalized spacial score (nSPS) is 16.1. The van der Waals surface area contributed by atoms with Crippen LogP contribution < -0.4 is 11.1 Å². The van der Waals surface area contributed by atoms with E-state index in [2.05, 4.69) is 22.0 Å². The van der Waals surface area contributed by atoms with Crippen LogP contribution in [-0.2, 0) is 4.79 Å². The van der Waals surface area contributed by atoms with E-state index in [1.807, 2.05) is 0 Å². The van der Waals surface area contributed by atoms with E-state index in [9.17, 15) is 9.59 Å². The number of halogens is 2. The monoisotopic (exact) mass is 494 g/mol. The van der Waals surface area contributed by atoms with Crippen LogP contribution in [0.1, 0.15) is 34.9 Å². The van der Waals surface area contributed by atoms with Gasteiger partial charge in [-0.2, -0.15) is 5.10 Å². The largest absolute Gasteiger partial charge is 0.403 e. The van der Waals surface area contributed by atoms with Crippen LogP contribution in [0.4, 0.5) is 10.2 Å². The molecule has 3 heterocycles. The number of nitrogens with one attached hydrogen (secondary N) is 1. The van der Waals surface area contributed by atoms with Gasteiger partial charge in [-0.3, -0.25) is 14.3 Å². The summed E-state index contributed by atoms with van der Waals surface area (Å²) in [5.74, 6) is -0.736. The average molecular weight is 495 g/mol. The zero-order valence-corrected chi connectivity index (χ0v) is 19.6.